The fraction of sp³-hybridized carbons (Fsp3) is 0.500. The van der Waals surface area contributed by atoms with Gasteiger partial charge < -0.3 is 9.84 Å². The highest BCUT2D eigenvalue weighted by molar-refractivity contribution is 7.89. The molecule has 1 rings (SSSR count). The molecule has 7 heteroatoms. The Morgan fingerprint density at radius 3 is 2.74 bits per heavy atom. The van der Waals surface area contributed by atoms with Crippen LogP contribution in [-0.2, 0) is 21.4 Å². The first kappa shape index (κ1) is 16.0. The number of ether oxygens (including phenoxy) is 1. The van der Waals surface area contributed by atoms with Gasteiger partial charge in [-0.1, -0.05) is 0 Å². The third-order valence-corrected chi connectivity index (χ3v) is 4.20. The van der Waals surface area contributed by atoms with Crippen LogP contribution in [0, 0.1) is 5.82 Å². The van der Waals surface area contributed by atoms with E-state index in [9.17, 15) is 12.8 Å². The third kappa shape index (κ3) is 4.54. The molecule has 0 aromatic heterocycles. The van der Waals surface area contributed by atoms with Crippen molar-refractivity contribution in [2.24, 2.45) is 0 Å². The number of aliphatic hydroxyl groups is 1. The van der Waals surface area contributed by atoms with E-state index in [1.165, 1.54) is 13.2 Å². The number of nitrogens with one attached hydrogen (secondary N) is 1. The molecule has 0 fully saturated rings. The second-order valence-electron chi connectivity index (χ2n) is 4.22. The van der Waals surface area contributed by atoms with Gasteiger partial charge in [0.25, 0.3) is 0 Å². The molecule has 0 saturated carbocycles. The number of hydrogen-bond donors (Lipinski definition) is 2. The minimum absolute atomic E-state index is 0.0487. The fourth-order valence-corrected chi connectivity index (χ4v) is 2.85. The molecule has 0 spiro atoms. The van der Waals surface area contributed by atoms with Gasteiger partial charge in [0.05, 0.1) is 11.5 Å². The average molecular weight is 291 g/mol. The van der Waals surface area contributed by atoms with E-state index >= 15 is 0 Å². The zero-order valence-corrected chi connectivity index (χ0v) is 11.7. The van der Waals surface area contributed by atoms with Crippen LogP contribution in [0.25, 0.3) is 0 Å². The van der Waals surface area contributed by atoms with Gasteiger partial charge in [0.2, 0.25) is 10.0 Å². The largest absolute Gasteiger partial charge is 0.392 e. The predicted octanol–water partition coefficient (Wildman–Crippen LogP) is 1.02. The van der Waals surface area contributed by atoms with Crippen LogP contribution in [0.2, 0.25) is 0 Å². The Hall–Kier alpha value is -1.02. The van der Waals surface area contributed by atoms with Crippen molar-refractivity contribution in [1.29, 1.82) is 0 Å². The van der Waals surface area contributed by atoms with Crippen LogP contribution in [0.1, 0.15) is 18.9 Å². The number of halogens is 1. The van der Waals surface area contributed by atoms with Gasteiger partial charge in [-0.2, -0.15) is 0 Å². The molecule has 0 heterocycles. The summed E-state index contributed by atoms with van der Waals surface area (Å²) in [5.74, 6) is -0.631. The van der Waals surface area contributed by atoms with E-state index in [-0.39, 0.29) is 16.5 Å². The average Bonchev–Trinajstić information content (AvgIpc) is 2.36. The maximum Gasteiger partial charge on any atom is 0.240 e. The number of methoxy groups -OCH3 is 1. The standard InChI is InChI=1S/C12H18FNO4S/c1-9(5-6-18-2)14-19(16,17)11-3-4-12(13)10(7-11)8-15/h3-4,7,9,14-15H,5-6,8H2,1-2H3. The molecule has 0 aliphatic carbocycles. The van der Waals surface area contributed by atoms with Crippen molar-refractivity contribution < 1.29 is 22.7 Å². The lowest BCUT2D eigenvalue weighted by molar-refractivity contribution is 0.188. The Morgan fingerprint density at radius 2 is 2.16 bits per heavy atom. The van der Waals surface area contributed by atoms with Crippen LogP contribution in [0.15, 0.2) is 23.1 Å². The highest BCUT2D eigenvalue weighted by Crippen LogP contribution is 2.15. The predicted molar refractivity (Wildman–Crippen MR) is 68.6 cm³/mol. The number of benzene rings is 1. The van der Waals surface area contributed by atoms with Gasteiger partial charge in [0, 0.05) is 25.3 Å². The maximum atomic E-state index is 13.2. The molecule has 108 valence electrons. The normalized spacial score (nSPS) is 13.5. The molecule has 1 aromatic rings. The van der Waals surface area contributed by atoms with Crippen molar-refractivity contribution in [3.63, 3.8) is 0 Å². The summed E-state index contributed by atoms with van der Waals surface area (Å²) < 4.78 is 44.6. The lowest BCUT2D eigenvalue weighted by Crippen LogP contribution is -2.33. The number of hydrogen-bond acceptors (Lipinski definition) is 4. The van der Waals surface area contributed by atoms with E-state index in [2.05, 4.69) is 4.72 Å². The molecule has 1 aromatic carbocycles. The molecule has 5 nitrogen and oxygen atoms in total. The quantitative estimate of drug-likeness (QED) is 0.786. The Labute approximate surface area is 112 Å². The van der Waals surface area contributed by atoms with Crippen molar-refractivity contribution >= 4 is 10.0 Å². The van der Waals surface area contributed by atoms with Crippen molar-refractivity contribution in [3.05, 3.63) is 29.6 Å². The third-order valence-electron chi connectivity index (χ3n) is 2.61. The van der Waals surface area contributed by atoms with Gasteiger partial charge in [-0.05, 0) is 31.5 Å². The molecule has 0 saturated heterocycles. The molecule has 0 aliphatic rings. The summed E-state index contributed by atoms with van der Waals surface area (Å²) in [6, 6.07) is 3.02. The molecule has 0 radical (unpaired) electrons. The smallest absolute Gasteiger partial charge is 0.240 e. The van der Waals surface area contributed by atoms with Crippen molar-refractivity contribution in [2.45, 2.75) is 30.9 Å². The van der Waals surface area contributed by atoms with Crippen LogP contribution >= 0.6 is 0 Å². The van der Waals surface area contributed by atoms with Crippen LogP contribution in [0.5, 0.6) is 0 Å². The Morgan fingerprint density at radius 1 is 1.47 bits per heavy atom. The Bertz CT molecular complexity index is 518. The zero-order valence-electron chi connectivity index (χ0n) is 10.9. The van der Waals surface area contributed by atoms with Crippen molar-refractivity contribution in [2.75, 3.05) is 13.7 Å². The van der Waals surface area contributed by atoms with E-state index in [1.54, 1.807) is 6.92 Å². The molecule has 0 bridgehead atoms. The van der Waals surface area contributed by atoms with Crippen molar-refractivity contribution in [1.82, 2.24) is 4.72 Å². The maximum absolute atomic E-state index is 13.2. The van der Waals surface area contributed by atoms with Gasteiger partial charge in [-0.15, -0.1) is 0 Å². The van der Waals surface area contributed by atoms with E-state index in [4.69, 9.17) is 9.84 Å². The summed E-state index contributed by atoms with van der Waals surface area (Å²) in [6.07, 6.45) is 0.532. The Kier molecular flexibility index (Phi) is 5.86. The summed E-state index contributed by atoms with van der Waals surface area (Å²) in [7, 11) is -2.19. The summed E-state index contributed by atoms with van der Waals surface area (Å²) in [6.45, 7) is 1.61. The zero-order chi connectivity index (χ0) is 14.5. The van der Waals surface area contributed by atoms with E-state index < -0.39 is 22.4 Å². The van der Waals surface area contributed by atoms with Crippen LogP contribution < -0.4 is 4.72 Å². The summed E-state index contributed by atoms with van der Waals surface area (Å²) >= 11 is 0. The minimum atomic E-state index is -3.72. The van der Waals surface area contributed by atoms with E-state index in [0.29, 0.717) is 13.0 Å². The molecule has 1 atom stereocenters. The lowest BCUT2D eigenvalue weighted by Gasteiger charge is -2.14. The van der Waals surface area contributed by atoms with Gasteiger partial charge >= 0.3 is 0 Å². The fourth-order valence-electron chi connectivity index (χ4n) is 1.53. The number of rotatable bonds is 7. The second kappa shape index (κ2) is 6.95. The summed E-state index contributed by atoms with van der Waals surface area (Å²) in [4.78, 5) is -0.0674. The number of aliphatic hydroxyl groups excluding tert-OH is 1. The lowest BCUT2D eigenvalue weighted by atomic mass is 10.2. The monoisotopic (exact) mass is 291 g/mol. The van der Waals surface area contributed by atoms with E-state index in [0.717, 1.165) is 12.1 Å². The van der Waals surface area contributed by atoms with Gasteiger partial charge in [-0.3, -0.25) is 0 Å². The molecular weight excluding hydrogens is 273 g/mol. The highest BCUT2D eigenvalue weighted by Gasteiger charge is 2.18. The minimum Gasteiger partial charge on any atom is -0.392 e. The molecule has 0 aliphatic heterocycles. The van der Waals surface area contributed by atoms with Crippen LogP contribution in [-0.4, -0.2) is 33.3 Å². The van der Waals surface area contributed by atoms with Crippen molar-refractivity contribution in [3.8, 4) is 0 Å². The van der Waals surface area contributed by atoms with Gasteiger partial charge in [0.15, 0.2) is 0 Å². The van der Waals surface area contributed by atoms with Gasteiger partial charge in [-0.25, -0.2) is 17.5 Å². The van der Waals surface area contributed by atoms with Gasteiger partial charge in [0.1, 0.15) is 5.82 Å². The first-order chi connectivity index (χ1) is 8.90. The van der Waals surface area contributed by atoms with E-state index in [1.807, 2.05) is 0 Å². The number of sulfonamides is 1. The Balaban J connectivity index is 2.88. The first-order valence-electron chi connectivity index (χ1n) is 5.81. The summed E-state index contributed by atoms with van der Waals surface area (Å²) in [5.41, 5.74) is -0.0487. The van der Waals surface area contributed by atoms with Crippen LogP contribution in [0.3, 0.4) is 0 Å². The van der Waals surface area contributed by atoms with Crippen LogP contribution in [0.4, 0.5) is 4.39 Å². The topological polar surface area (TPSA) is 75.6 Å². The SMILES string of the molecule is COCCC(C)NS(=O)(=O)c1ccc(F)c(CO)c1. The molecule has 0 amide bonds. The molecule has 1 unspecified atom stereocenters. The molecule has 2 N–H and O–H groups in total. The summed E-state index contributed by atoms with van der Waals surface area (Å²) in [5, 5.41) is 8.93. The molecular formula is C12H18FNO4S. The second-order valence-corrected chi connectivity index (χ2v) is 5.93. The molecule has 19 heavy (non-hydrogen) atoms. The highest BCUT2D eigenvalue weighted by atomic mass is 32.2. The first-order valence-corrected chi connectivity index (χ1v) is 7.29.